The van der Waals surface area contributed by atoms with Gasteiger partial charge in [0.2, 0.25) is 17.6 Å². The average molecular weight is 340 g/mol. The summed E-state index contributed by atoms with van der Waals surface area (Å²) in [5.74, 6) is 1.70. The first-order valence-electron chi connectivity index (χ1n) is 8.16. The highest BCUT2D eigenvalue weighted by atomic mass is 16.5. The Morgan fingerprint density at radius 2 is 2.20 bits per heavy atom. The van der Waals surface area contributed by atoms with Crippen LogP contribution in [0.5, 0.6) is 0 Å². The summed E-state index contributed by atoms with van der Waals surface area (Å²) in [6.45, 7) is 3.86. The summed E-state index contributed by atoms with van der Waals surface area (Å²) in [6.07, 6.45) is 2.98. The molecule has 1 aromatic carbocycles. The molecule has 3 rings (SSSR count). The van der Waals surface area contributed by atoms with Crippen LogP contribution in [0.15, 0.2) is 35.1 Å². The number of benzene rings is 1. The van der Waals surface area contributed by atoms with Gasteiger partial charge in [0.05, 0.1) is 6.04 Å². The summed E-state index contributed by atoms with van der Waals surface area (Å²) in [7, 11) is 0. The highest BCUT2D eigenvalue weighted by Crippen LogP contribution is 2.20. The number of carbonyl (C=O) groups is 1. The molecule has 1 amide bonds. The Balaban J connectivity index is 1.48. The standard InChI is InChI=1S/C17H20N6O2/c1-11-6-3-4-7-13(11)17-21-15(25-23-17)9-5-8-14(24)20-12(2)16-18-10-19-22-16/h3-4,6-7,10,12H,5,8-9H2,1-2H3,(H,20,24)(H,18,19,22)/t12-/m0/s1. The number of nitrogens with zero attached hydrogens (tertiary/aromatic N) is 4. The maximum Gasteiger partial charge on any atom is 0.226 e. The van der Waals surface area contributed by atoms with Crippen LogP contribution in [0.3, 0.4) is 0 Å². The zero-order valence-corrected chi connectivity index (χ0v) is 14.2. The van der Waals surface area contributed by atoms with E-state index in [1.54, 1.807) is 0 Å². The molecule has 0 unspecified atom stereocenters. The van der Waals surface area contributed by atoms with Crippen LogP contribution >= 0.6 is 0 Å². The molecule has 0 aliphatic carbocycles. The smallest absolute Gasteiger partial charge is 0.226 e. The van der Waals surface area contributed by atoms with E-state index in [-0.39, 0.29) is 11.9 Å². The lowest BCUT2D eigenvalue weighted by Gasteiger charge is -2.10. The van der Waals surface area contributed by atoms with Crippen molar-refractivity contribution in [3.63, 3.8) is 0 Å². The lowest BCUT2D eigenvalue weighted by Crippen LogP contribution is -2.27. The number of aromatic nitrogens is 5. The molecule has 2 heterocycles. The Labute approximate surface area is 145 Å². The fraction of sp³-hybridized carbons (Fsp3) is 0.353. The predicted octanol–water partition coefficient (Wildman–Crippen LogP) is 2.36. The molecule has 2 N–H and O–H groups in total. The number of hydrogen-bond donors (Lipinski definition) is 2. The van der Waals surface area contributed by atoms with Crippen LogP contribution in [0.4, 0.5) is 0 Å². The van der Waals surface area contributed by atoms with Crippen LogP contribution in [-0.2, 0) is 11.2 Å². The molecule has 8 nitrogen and oxygen atoms in total. The van der Waals surface area contributed by atoms with E-state index in [1.165, 1.54) is 6.33 Å². The van der Waals surface area contributed by atoms with Crippen molar-refractivity contribution in [3.05, 3.63) is 47.9 Å². The van der Waals surface area contributed by atoms with Gasteiger partial charge in [-0.05, 0) is 25.8 Å². The molecule has 25 heavy (non-hydrogen) atoms. The van der Waals surface area contributed by atoms with Crippen molar-refractivity contribution in [2.45, 2.75) is 39.2 Å². The van der Waals surface area contributed by atoms with Gasteiger partial charge >= 0.3 is 0 Å². The van der Waals surface area contributed by atoms with Crippen LogP contribution in [-0.4, -0.2) is 31.2 Å². The summed E-state index contributed by atoms with van der Waals surface area (Å²) in [6, 6.07) is 7.68. The van der Waals surface area contributed by atoms with Gasteiger partial charge in [0.1, 0.15) is 12.2 Å². The van der Waals surface area contributed by atoms with E-state index in [0.717, 1.165) is 11.1 Å². The molecule has 0 saturated heterocycles. The van der Waals surface area contributed by atoms with E-state index in [4.69, 9.17) is 4.52 Å². The number of hydrogen-bond acceptors (Lipinski definition) is 6. The molecule has 130 valence electrons. The van der Waals surface area contributed by atoms with Gasteiger partial charge in [-0.2, -0.15) is 10.1 Å². The summed E-state index contributed by atoms with van der Waals surface area (Å²) < 4.78 is 5.28. The molecule has 1 atom stereocenters. The molecular formula is C17H20N6O2. The van der Waals surface area contributed by atoms with Crippen LogP contribution in [0.1, 0.15) is 43.1 Å². The van der Waals surface area contributed by atoms with Gasteiger partial charge in [-0.15, -0.1) is 0 Å². The van der Waals surface area contributed by atoms with Crippen molar-refractivity contribution in [1.29, 1.82) is 0 Å². The number of nitrogens with one attached hydrogen (secondary N) is 2. The van der Waals surface area contributed by atoms with Gasteiger partial charge in [0.25, 0.3) is 0 Å². The number of amides is 1. The van der Waals surface area contributed by atoms with Crippen LogP contribution in [0.25, 0.3) is 11.4 Å². The first-order chi connectivity index (χ1) is 12.1. The molecule has 0 fully saturated rings. The zero-order chi connectivity index (χ0) is 17.6. The Bertz CT molecular complexity index is 827. The Morgan fingerprint density at radius 1 is 1.36 bits per heavy atom. The van der Waals surface area contributed by atoms with Gasteiger partial charge in [-0.25, -0.2) is 4.98 Å². The molecule has 0 saturated carbocycles. The van der Waals surface area contributed by atoms with E-state index in [1.807, 2.05) is 38.1 Å². The highest BCUT2D eigenvalue weighted by molar-refractivity contribution is 5.76. The van der Waals surface area contributed by atoms with Gasteiger partial charge < -0.3 is 9.84 Å². The maximum atomic E-state index is 12.0. The Morgan fingerprint density at radius 3 is 2.96 bits per heavy atom. The molecule has 8 heteroatoms. The predicted molar refractivity (Wildman–Crippen MR) is 90.3 cm³/mol. The number of H-pyrrole nitrogens is 1. The van der Waals surface area contributed by atoms with Crippen molar-refractivity contribution < 1.29 is 9.32 Å². The summed E-state index contributed by atoms with van der Waals surface area (Å²) in [5, 5.41) is 13.4. The monoisotopic (exact) mass is 340 g/mol. The van der Waals surface area contributed by atoms with E-state index in [9.17, 15) is 4.79 Å². The average Bonchev–Trinajstić information content (AvgIpc) is 3.27. The fourth-order valence-electron chi connectivity index (χ4n) is 2.50. The van der Waals surface area contributed by atoms with E-state index in [0.29, 0.717) is 36.8 Å². The summed E-state index contributed by atoms with van der Waals surface area (Å²) >= 11 is 0. The van der Waals surface area contributed by atoms with Crippen molar-refractivity contribution in [2.75, 3.05) is 0 Å². The van der Waals surface area contributed by atoms with Crippen molar-refractivity contribution in [1.82, 2.24) is 30.6 Å². The zero-order valence-electron chi connectivity index (χ0n) is 14.2. The minimum atomic E-state index is -0.203. The number of carbonyl (C=O) groups excluding carboxylic acids is 1. The molecule has 3 aromatic rings. The summed E-state index contributed by atoms with van der Waals surface area (Å²) in [4.78, 5) is 20.4. The van der Waals surface area contributed by atoms with Gasteiger partial charge in [-0.3, -0.25) is 9.89 Å². The number of aromatic amines is 1. The van der Waals surface area contributed by atoms with E-state index < -0.39 is 0 Å². The molecule has 0 spiro atoms. The van der Waals surface area contributed by atoms with Crippen LogP contribution in [0, 0.1) is 6.92 Å². The second-order valence-corrected chi connectivity index (χ2v) is 5.84. The molecule has 2 aromatic heterocycles. The van der Waals surface area contributed by atoms with E-state index in [2.05, 4.69) is 30.6 Å². The SMILES string of the molecule is Cc1ccccc1-c1noc(CCCC(=O)N[C@@H](C)c2ncn[nH]2)n1. The quantitative estimate of drug-likeness (QED) is 0.683. The second-order valence-electron chi connectivity index (χ2n) is 5.84. The van der Waals surface area contributed by atoms with Crippen LogP contribution < -0.4 is 5.32 Å². The van der Waals surface area contributed by atoms with Crippen molar-refractivity contribution in [3.8, 4) is 11.4 Å². The highest BCUT2D eigenvalue weighted by Gasteiger charge is 2.13. The van der Waals surface area contributed by atoms with Crippen LogP contribution in [0.2, 0.25) is 0 Å². The minimum Gasteiger partial charge on any atom is -0.346 e. The Hall–Kier alpha value is -3.03. The lowest BCUT2D eigenvalue weighted by atomic mass is 10.1. The molecule has 0 aliphatic rings. The largest absolute Gasteiger partial charge is 0.346 e. The summed E-state index contributed by atoms with van der Waals surface area (Å²) in [5.41, 5.74) is 2.05. The third kappa shape index (κ3) is 4.28. The molecule has 0 bridgehead atoms. The second kappa shape index (κ2) is 7.69. The first-order valence-corrected chi connectivity index (χ1v) is 8.16. The first kappa shape index (κ1) is 16.8. The minimum absolute atomic E-state index is 0.0532. The molecule has 0 aliphatic heterocycles. The van der Waals surface area contributed by atoms with Gasteiger partial charge in [0.15, 0.2) is 0 Å². The molecular weight excluding hydrogens is 320 g/mol. The third-order valence-electron chi connectivity index (χ3n) is 3.87. The van der Waals surface area contributed by atoms with Gasteiger partial charge in [-0.1, -0.05) is 29.4 Å². The normalized spacial score (nSPS) is 12.1. The van der Waals surface area contributed by atoms with Gasteiger partial charge in [0, 0.05) is 18.4 Å². The molecule has 0 radical (unpaired) electrons. The maximum absolute atomic E-state index is 12.0. The third-order valence-corrected chi connectivity index (χ3v) is 3.87. The van der Waals surface area contributed by atoms with E-state index >= 15 is 0 Å². The fourth-order valence-corrected chi connectivity index (χ4v) is 2.50. The number of aryl methyl sites for hydroxylation is 2. The van der Waals surface area contributed by atoms with Crippen molar-refractivity contribution >= 4 is 5.91 Å². The van der Waals surface area contributed by atoms with Crippen molar-refractivity contribution in [2.24, 2.45) is 0 Å². The topological polar surface area (TPSA) is 110 Å². The lowest BCUT2D eigenvalue weighted by molar-refractivity contribution is -0.121. The number of rotatable bonds is 7. The Kier molecular flexibility index (Phi) is 5.17.